The van der Waals surface area contributed by atoms with Gasteiger partial charge in [0.2, 0.25) is 0 Å². The summed E-state index contributed by atoms with van der Waals surface area (Å²) in [5.74, 6) is 0.701. The van der Waals surface area contributed by atoms with E-state index in [9.17, 15) is 0 Å². The third-order valence-corrected chi connectivity index (χ3v) is 13.4. The fourth-order valence-electron chi connectivity index (χ4n) is 10.5. The fraction of sp³-hybridized carbons (Fsp3) is 0. The second-order valence-corrected chi connectivity index (χ2v) is 16.9. The van der Waals surface area contributed by atoms with E-state index in [4.69, 9.17) is 9.97 Å². The summed E-state index contributed by atoms with van der Waals surface area (Å²) in [6.45, 7) is 0. The molecule has 0 aliphatic rings. The van der Waals surface area contributed by atoms with Crippen LogP contribution in [0.15, 0.2) is 218 Å². The first kappa shape index (κ1) is 35.0. The van der Waals surface area contributed by atoms with Gasteiger partial charge in [-0.2, -0.15) is 0 Å². The second-order valence-electron chi connectivity index (χ2n) is 16.9. The zero-order valence-electron chi connectivity index (χ0n) is 34.6. The summed E-state index contributed by atoms with van der Waals surface area (Å²) in [5.41, 5.74) is 10.8. The molecule has 0 aliphatic heterocycles. The van der Waals surface area contributed by atoms with Crippen molar-refractivity contribution < 1.29 is 0 Å². The van der Waals surface area contributed by atoms with Crippen LogP contribution in [0.3, 0.4) is 0 Å². The molecule has 64 heavy (non-hydrogen) atoms. The molecule has 3 heterocycles. The molecular formula is C60H36N4. The largest absolute Gasteiger partial charge is 0.309 e. The lowest BCUT2D eigenvalue weighted by molar-refractivity contribution is 1.15. The molecule has 4 heteroatoms. The van der Waals surface area contributed by atoms with Gasteiger partial charge in [0.05, 0.1) is 33.3 Å². The van der Waals surface area contributed by atoms with Crippen LogP contribution in [0, 0.1) is 0 Å². The first-order chi connectivity index (χ1) is 31.7. The first-order valence-corrected chi connectivity index (χ1v) is 21.9. The highest BCUT2D eigenvalue weighted by atomic mass is 15.0. The molecule has 0 atom stereocenters. The van der Waals surface area contributed by atoms with Gasteiger partial charge in [-0.15, -0.1) is 0 Å². The van der Waals surface area contributed by atoms with Crippen LogP contribution in [-0.4, -0.2) is 19.1 Å². The molecule has 14 aromatic rings. The van der Waals surface area contributed by atoms with E-state index in [2.05, 4.69) is 228 Å². The number of rotatable bonds is 4. The maximum Gasteiger partial charge on any atom is 0.160 e. The summed E-state index contributed by atoms with van der Waals surface area (Å²) < 4.78 is 4.87. The lowest BCUT2D eigenvalue weighted by Gasteiger charge is -2.14. The van der Waals surface area contributed by atoms with E-state index in [1.54, 1.807) is 0 Å². The van der Waals surface area contributed by atoms with Crippen LogP contribution in [0.2, 0.25) is 0 Å². The van der Waals surface area contributed by atoms with Crippen molar-refractivity contribution in [2.45, 2.75) is 0 Å². The third kappa shape index (κ3) is 5.11. The van der Waals surface area contributed by atoms with Gasteiger partial charge >= 0.3 is 0 Å². The van der Waals surface area contributed by atoms with Gasteiger partial charge in [-0.3, -0.25) is 0 Å². The highest BCUT2D eigenvalue weighted by molar-refractivity contribution is 6.22. The maximum atomic E-state index is 5.41. The molecule has 0 N–H and O–H groups in total. The second kappa shape index (κ2) is 13.4. The average molecular weight is 813 g/mol. The van der Waals surface area contributed by atoms with E-state index in [0.717, 1.165) is 44.6 Å². The SMILES string of the molecule is c1ccc2cc3c(cc2c1)c1ccc(-n2c4ccccc4c4c5ccccc5ccc42)cc1n3-c1ccc(-c2nc(-c3cc4ccccc4c4ccccc34)c3ccccc3n2)cc1. The molecule has 0 aliphatic carbocycles. The molecule has 0 spiro atoms. The van der Waals surface area contributed by atoms with Crippen molar-refractivity contribution >= 4 is 97.6 Å². The van der Waals surface area contributed by atoms with Gasteiger partial charge in [-0.25, -0.2) is 9.97 Å². The predicted molar refractivity (Wildman–Crippen MR) is 269 cm³/mol. The number of aromatic nitrogens is 4. The zero-order valence-corrected chi connectivity index (χ0v) is 34.6. The van der Waals surface area contributed by atoms with E-state index in [0.29, 0.717) is 5.82 Å². The number of hydrogen-bond donors (Lipinski definition) is 0. The smallest absolute Gasteiger partial charge is 0.160 e. The summed E-state index contributed by atoms with van der Waals surface area (Å²) in [7, 11) is 0. The molecule has 3 aromatic heterocycles. The molecule has 0 radical (unpaired) electrons. The van der Waals surface area contributed by atoms with Crippen LogP contribution < -0.4 is 0 Å². The Morgan fingerprint density at radius 1 is 0.297 bits per heavy atom. The van der Waals surface area contributed by atoms with E-state index < -0.39 is 0 Å². The standard InChI is InChI=1S/C60H36N4/c1-2-15-40-35-56-51(33-39(40)14-1)48-31-30-43(64-54-24-12-10-22-50(54)58-45-18-6-3-13-37(45)27-32-55(58)64)36-57(48)63(56)42-28-25-38(26-29-42)60-61-53-23-11-9-21-49(53)59(62-60)52-34-41-16-4-5-17-44(41)46-19-7-8-20-47(46)52/h1-36H. The Balaban J connectivity index is 0.974. The Morgan fingerprint density at radius 2 is 0.906 bits per heavy atom. The van der Waals surface area contributed by atoms with Crippen molar-refractivity contribution in [3.63, 3.8) is 0 Å². The van der Waals surface area contributed by atoms with Crippen molar-refractivity contribution in [1.82, 2.24) is 19.1 Å². The molecule has 0 bridgehead atoms. The lowest BCUT2D eigenvalue weighted by atomic mass is 9.94. The minimum atomic E-state index is 0.701. The summed E-state index contributed by atoms with van der Waals surface area (Å²) >= 11 is 0. The van der Waals surface area contributed by atoms with Gasteiger partial charge in [0.15, 0.2) is 5.82 Å². The van der Waals surface area contributed by atoms with Crippen molar-refractivity contribution in [3.8, 4) is 34.0 Å². The molecular weight excluding hydrogens is 777 g/mol. The molecule has 14 rings (SSSR count). The van der Waals surface area contributed by atoms with Crippen LogP contribution in [0.4, 0.5) is 0 Å². The van der Waals surface area contributed by atoms with Crippen LogP contribution >= 0.6 is 0 Å². The predicted octanol–water partition coefficient (Wildman–Crippen LogP) is 15.8. The lowest BCUT2D eigenvalue weighted by Crippen LogP contribution is -1.98. The summed E-state index contributed by atoms with van der Waals surface area (Å²) in [4.78, 5) is 10.6. The molecule has 0 unspecified atom stereocenters. The molecule has 4 nitrogen and oxygen atoms in total. The summed E-state index contributed by atoms with van der Waals surface area (Å²) in [6, 6.07) is 79.2. The quantitative estimate of drug-likeness (QED) is 0.166. The van der Waals surface area contributed by atoms with Gasteiger partial charge in [0, 0.05) is 49.4 Å². The van der Waals surface area contributed by atoms with Crippen LogP contribution in [-0.2, 0) is 0 Å². The Labute approximate surface area is 367 Å². The highest BCUT2D eigenvalue weighted by Crippen LogP contribution is 2.42. The highest BCUT2D eigenvalue weighted by Gasteiger charge is 2.20. The molecule has 0 fully saturated rings. The molecule has 11 aromatic carbocycles. The number of nitrogens with zero attached hydrogens (tertiary/aromatic N) is 4. The van der Waals surface area contributed by atoms with Gasteiger partial charge in [-0.1, -0.05) is 146 Å². The number of fused-ring (bicyclic) bond motifs is 13. The minimum absolute atomic E-state index is 0.701. The average Bonchev–Trinajstić information content (AvgIpc) is 3.87. The van der Waals surface area contributed by atoms with Crippen molar-refractivity contribution in [1.29, 1.82) is 0 Å². The van der Waals surface area contributed by atoms with Crippen molar-refractivity contribution in [2.75, 3.05) is 0 Å². The Hall–Kier alpha value is -8.60. The van der Waals surface area contributed by atoms with Gasteiger partial charge in [0.25, 0.3) is 0 Å². The fourth-order valence-corrected chi connectivity index (χ4v) is 10.5. The van der Waals surface area contributed by atoms with Crippen molar-refractivity contribution in [2.24, 2.45) is 0 Å². The molecule has 0 amide bonds. The van der Waals surface area contributed by atoms with E-state index in [-0.39, 0.29) is 0 Å². The van der Waals surface area contributed by atoms with Crippen molar-refractivity contribution in [3.05, 3.63) is 218 Å². The summed E-state index contributed by atoms with van der Waals surface area (Å²) in [6.07, 6.45) is 0. The van der Waals surface area contributed by atoms with Crippen LogP contribution in [0.5, 0.6) is 0 Å². The molecule has 296 valence electrons. The third-order valence-electron chi connectivity index (χ3n) is 13.4. The molecule has 0 saturated heterocycles. The first-order valence-electron chi connectivity index (χ1n) is 21.9. The number of hydrogen-bond acceptors (Lipinski definition) is 2. The van der Waals surface area contributed by atoms with Crippen LogP contribution in [0.1, 0.15) is 0 Å². The number of benzene rings is 11. The normalized spacial score (nSPS) is 12.1. The van der Waals surface area contributed by atoms with Crippen LogP contribution in [0.25, 0.3) is 132 Å². The maximum absolute atomic E-state index is 5.41. The topological polar surface area (TPSA) is 35.6 Å². The van der Waals surface area contributed by atoms with E-state index >= 15 is 0 Å². The monoisotopic (exact) mass is 812 g/mol. The Morgan fingerprint density at radius 3 is 1.73 bits per heavy atom. The van der Waals surface area contributed by atoms with Gasteiger partial charge in [0.1, 0.15) is 0 Å². The molecule has 0 saturated carbocycles. The van der Waals surface area contributed by atoms with Gasteiger partial charge < -0.3 is 9.13 Å². The summed E-state index contributed by atoms with van der Waals surface area (Å²) in [5, 5.41) is 15.8. The minimum Gasteiger partial charge on any atom is -0.309 e. The van der Waals surface area contributed by atoms with Gasteiger partial charge in [-0.05, 0) is 116 Å². The van der Waals surface area contributed by atoms with E-state index in [1.807, 2.05) is 0 Å². The number of para-hydroxylation sites is 2. The Bertz CT molecular complexity index is 4250. The van der Waals surface area contributed by atoms with E-state index in [1.165, 1.54) is 81.2 Å². The zero-order chi connectivity index (χ0) is 41.9. The Kier molecular flexibility index (Phi) is 7.36.